The third-order valence-electron chi connectivity index (χ3n) is 7.17. The van der Waals surface area contributed by atoms with Gasteiger partial charge in [-0.15, -0.1) is 0 Å². The molecule has 0 radical (unpaired) electrons. The Kier molecular flexibility index (Phi) is 10.3. The fraction of sp³-hybridized carbons (Fsp3) is 0.552. The molecule has 0 aromatic heterocycles. The standard InChI is InChI=1S/C29H44N4O2/c1-5-32(6-2)27-16-11-10-15-26(27)31-25-17-21-33(22-18-25)29(3,4)19-12-20-30-28(34)35-23-24-13-8-7-9-14-24/h7-11,13-16,25,31H,5-6,12,17-23H2,1-4H3,(H,30,34). The summed E-state index contributed by atoms with van der Waals surface area (Å²) in [5.74, 6) is 0. The fourth-order valence-corrected chi connectivity index (χ4v) is 4.93. The first-order valence-corrected chi connectivity index (χ1v) is 13.2. The van der Waals surface area contributed by atoms with Gasteiger partial charge >= 0.3 is 6.09 Å². The molecule has 192 valence electrons. The first-order chi connectivity index (χ1) is 16.9. The average Bonchev–Trinajstić information content (AvgIpc) is 2.88. The van der Waals surface area contributed by atoms with E-state index in [1.54, 1.807) is 0 Å². The highest BCUT2D eigenvalue weighted by Gasteiger charge is 2.30. The summed E-state index contributed by atoms with van der Waals surface area (Å²) >= 11 is 0. The Labute approximate surface area is 212 Å². The van der Waals surface area contributed by atoms with Crippen LogP contribution < -0.4 is 15.5 Å². The number of benzene rings is 2. The molecule has 0 aliphatic carbocycles. The zero-order valence-electron chi connectivity index (χ0n) is 22.1. The van der Waals surface area contributed by atoms with Crippen molar-refractivity contribution in [3.05, 3.63) is 60.2 Å². The number of hydrogen-bond donors (Lipinski definition) is 2. The van der Waals surface area contributed by atoms with E-state index in [2.05, 4.69) is 72.4 Å². The van der Waals surface area contributed by atoms with Crippen LogP contribution >= 0.6 is 0 Å². The molecule has 3 rings (SSSR count). The molecule has 0 atom stereocenters. The molecule has 0 bridgehead atoms. The van der Waals surface area contributed by atoms with Crippen molar-refractivity contribution in [1.82, 2.24) is 10.2 Å². The number of likely N-dealkylation sites (tertiary alicyclic amines) is 1. The number of anilines is 2. The van der Waals surface area contributed by atoms with Crippen LogP contribution in [0.1, 0.15) is 58.9 Å². The molecule has 1 amide bonds. The van der Waals surface area contributed by atoms with Gasteiger partial charge in [0.2, 0.25) is 0 Å². The molecule has 0 unspecified atom stereocenters. The van der Waals surface area contributed by atoms with Gasteiger partial charge in [0, 0.05) is 44.3 Å². The van der Waals surface area contributed by atoms with Crippen LogP contribution in [0.25, 0.3) is 0 Å². The van der Waals surface area contributed by atoms with Gasteiger partial charge < -0.3 is 20.3 Å². The Morgan fingerprint density at radius 3 is 2.37 bits per heavy atom. The van der Waals surface area contributed by atoms with E-state index in [0.717, 1.165) is 57.4 Å². The third kappa shape index (κ3) is 8.17. The van der Waals surface area contributed by atoms with Crippen molar-refractivity contribution in [2.45, 2.75) is 71.6 Å². The van der Waals surface area contributed by atoms with Crippen molar-refractivity contribution < 1.29 is 9.53 Å². The lowest BCUT2D eigenvalue weighted by Gasteiger charge is -2.43. The molecule has 1 heterocycles. The first kappa shape index (κ1) is 26.9. The summed E-state index contributed by atoms with van der Waals surface area (Å²) in [6, 6.07) is 18.9. The minimum absolute atomic E-state index is 0.111. The zero-order valence-corrected chi connectivity index (χ0v) is 22.1. The first-order valence-electron chi connectivity index (χ1n) is 13.2. The Hall–Kier alpha value is -2.73. The number of amides is 1. The number of alkyl carbamates (subject to hydrolysis) is 1. The van der Waals surface area contributed by atoms with Crippen LogP contribution in [0.2, 0.25) is 0 Å². The lowest BCUT2D eigenvalue weighted by molar-refractivity contribution is 0.0818. The van der Waals surface area contributed by atoms with E-state index in [9.17, 15) is 4.79 Å². The summed E-state index contributed by atoms with van der Waals surface area (Å²) in [6.07, 6.45) is 3.90. The van der Waals surface area contributed by atoms with Gasteiger partial charge in [0.05, 0.1) is 11.4 Å². The van der Waals surface area contributed by atoms with Gasteiger partial charge in [0.15, 0.2) is 0 Å². The second-order valence-corrected chi connectivity index (χ2v) is 10.00. The number of nitrogens with zero attached hydrogens (tertiary/aromatic N) is 2. The molecule has 2 aromatic carbocycles. The minimum Gasteiger partial charge on any atom is -0.445 e. The van der Waals surface area contributed by atoms with Gasteiger partial charge in [0.1, 0.15) is 6.61 Å². The highest BCUT2D eigenvalue weighted by atomic mass is 16.5. The predicted molar refractivity (Wildman–Crippen MR) is 146 cm³/mol. The highest BCUT2D eigenvalue weighted by Crippen LogP contribution is 2.30. The fourth-order valence-electron chi connectivity index (χ4n) is 4.93. The van der Waals surface area contributed by atoms with Gasteiger partial charge in [0.25, 0.3) is 0 Å². The highest BCUT2D eigenvalue weighted by molar-refractivity contribution is 5.70. The molecular weight excluding hydrogens is 436 g/mol. The quantitative estimate of drug-likeness (QED) is 0.371. The molecule has 0 saturated carbocycles. The van der Waals surface area contributed by atoms with Gasteiger partial charge in [-0.3, -0.25) is 4.90 Å². The number of rotatable bonds is 12. The van der Waals surface area contributed by atoms with E-state index in [4.69, 9.17) is 4.74 Å². The zero-order chi connectivity index (χ0) is 25.1. The number of para-hydroxylation sites is 2. The maximum absolute atomic E-state index is 12.0. The summed E-state index contributed by atoms with van der Waals surface area (Å²) in [4.78, 5) is 17.0. The number of carbonyl (C=O) groups excluding carboxylic acids is 1. The van der Waals surface area contributed by atoms with Crippen molar-refractivity contribution >= 4 is 17.5 Å². The Morgan fingerprint density at radius 2 is 1.69 bits per heavy atom. The van der Waals surface area contributed by atoms with Gasteiger partial charge in [-0.2, -0.15) is 0 Å². The van der Waals surface area contributed by atoms with Crippen LogP contribution in [-0.4, -0.2) is 55.3 Å². The van der Waals surface area contributed by atoms with E-state index >= 15 is 0 Å². The Balaban J connectivity index is 1.38. The average molecular weight is 481 g/mol. The van der Waals surface area contributed by atoms with Crippen molar-refractivity contribution in [3.63, 3.8) is 0 Å². The Morgan fingerprint density at radius 1 is 1.03 bits per heavy atom. The van der Waals surface area contributed by atoms with Crippen LogP contribution in [0.5, 0.6) is 0 Å². The molecule has 35 heavy (non-hydrogen) atoms. The van der Waals surface area contributed by atoms with Crippen LogP contribution in [0.15, 0.2) is 54.6 Å². The normalized spacial score (nSPS) is 15.0. The molecule has 6 heteroatoms. The molecule has 1 aliphatic rings. The van der Waals surface area contributed by atoms with Gasteiger partial charge in [-0.25, -0.2) is 4.79 Å². The predicted octanol–water partition coefficient (Wildman–Crippen LogP) is 5.89. The van der Waals surface area contributed by atoms with Gasteiger partial charge in [-0.05, 0) is 71.1 Å². The molecule has 2 N–H and O–H groups in total. The number of ether oxygens (including phenoxy) is 1. The van der Waals surface area contributed by atoms with Crippen molar-refractivity contribution in [2.75, 3.05) is 42.9 Å². The molecule has 1 fully saturated rings. The largest absolute Gasteiger partial charge is 0.445 e. The van der Waals surface area contributed by atoms with Crippen LogP contribution in [0.3, 0.4) is 0 Å². The van der Waals surface area contributed by atoms with Crippen LogP contribution in [0.4, 0.5) is 16.2 Å². The minimum atomic E-state index is -0.344. The van der Waals surface area contributed by atoms with Crippen LogP contribution in [0, 0.1) is 0 Å². The molecule has 2 aromatic rings. The summed E-state index contributed by atoms with van der Waals surface area (Å²) in [5, 5.41) is 6.72. The van der Waals surface area contributed by atoms with E-state index in [1.807, 2.05) is 30.3 Å². The summed E-state index contributed by atoms with van der Waals surface area (Å²) in [6.45, 7) is 14.2. The number of nitrogens with one attached hydrogen (secondary N) is 2. The van der Waals surface area contributed by atoms with Crippen molar-refractivity contribution in [1.29, 1.82) is 0 Å². The summed E-state index contributed by atoms with van der Waals surface area (Å²) < 4.78 is 5.30. The lowest BCUT2D eigenvalue weighted by Crippen LogP contribution is -2.50. The molecule has 1 saturated heterocycles. The lowest BCUT2D eigenvalue weighted by atomic mass is 9.92. The van der Waals surface area contributed by atoms with E-state index in [0.29, 0.717) is 19.2 Å². The maximum Gasteiger partial charge on any atom is 0.407 e. The number of piperidine rings is 1. The van der Waals surface area contributed by atoms with Crippen LogP contribution in [-0.2, 0) is 11.3 Å². The SMILES string of the molecule is CCN(CC)c1ccccc1NC1CCN(C(C)(C)CCCNC(=O)OCc2ccccc2)CC1. The topological polar surface area (TPSA) is 56.8 Å². The van der Waals surface area contributed by atoms with E-state index < -0.39 is 0 Å². The molecule has 0 spiro atoms. The second kappa shape index (κ2) is 13.4. The molecule has 6 nitrogen and oxygen atoms in total. The summed E-state index contributed by atoms with van der Waals surface area (Å²) in [5.41, 5.74) is 3.66. The molecule has 1 aliphatic heterocycles. The van der Waals surface area contributed by atoms with Crippen molar-refractivity contribution in [2.24, 2.45) is 0 Å². The van der Waals surface area contributed by atoms with E-state index in [-0.39, 0.29) is 11.6 Å². The summed E-state index contributed by atoms with van der Waals surface area (Å²) in [7, 11) is 0. The van der Waals surface area contributed by atoms with E-state index in [1.165, 1.54) is 11.4 Å². The Bertz CT molecular complexity index is 891. The maximum atomic E-state index is 12.0. The number of hydrogen-bond acceptors (Lipinski definition) is 5. The second-order valence-electron chi connectivity index (χ2n) is 10.00. The third-order valence-corrected chi connectivity index (χ3v) is 7.17. The number of carbonyl (C=O) groups is 1. The monoisotopic (exact) mass is 480 g/mol. The van der Waals surface area contributed by atoms with Gasteiger partial charge in [-0.1, -0.05) is 42.5 Å². The molecular formula is C29H44N4O2. The smallest absolute Gasteiger partial charge is 0.407 e. The van der Waals surface area contributed by atoms with Crippen molar-refractivity contribution in [3.8, 4) is 0 Å².